The van der Waals surface area contributed by atoms with Crippen molar-refractivity contribution >= 4 is 33.2 Å². The Morgan fingerprint density at radius 1 is 1.19 bits per heavy atom. The molecule has 0 bridgehead atoms. The van der Waals surface area contributed by atoms with Crippen LogP contribution in [0.1, 0.15) is 65.7 Å². The lowest BCUT2D eigenvalue weighted by atomic mass is 9.86. The van der Waals surface area contributed by atoms with Crippen LogP contribution >= 0.6 is 11.3 Å². The summed E-state index contributed by atoms with van der Waals surface area (Å²) in [6.07, 6.45) is 8.12. The van der Waals surface area contributed by atoms with E-state index < -0.39 is 16.0 Å². The van der Waals surface area contributed by atoms with Crippen molar-refractivity contribution < 1.29 is 27.5 Å². The molecule has 0 radical (unpaired) electrons. The van der Waals surface area contributed by atoms with Gasteiger partial charge in [-0.15, -0.1) is 11.3 Å². The van der Waals surface area contributed by atoms with Crippen LogP contribution in [0.3, 0.4) is 0 Å². The molecule has 2 aliphatic rings. The molecule has 8 nitrogen and oxygen atoms in total. The predicted molar refractivity (Wildman–Crippen MR) is 118 cm³/mol. The first-order valence-corrected chi connectivity index (χ1v) is 13.2. The van der Waals surface area contributed by atoms with E-state index in [2.05, 4.69) is 4.72 Å². The van der Waals surface area contributed by atoms with Gasteiger partial charge in [-0.25, -0.2) is 17.9 Å². The quantitative estimate of drug-likeness (QED) is 0.438. The molecule has 1 saturated carbocycles. The fourth-order valence-electron chi connectivity index (χ4n) is 4.39. The summed E-state index contributed by atoms with van der Waals surface area (Å²) < 4.78 is 37.8. The summed E-state index contributed by atoms with van der Waals surface area (Å²) in [5.74, 6) is 0.0780. The minimum atomic E-state index is -3.89. The van der Waals surface area contributed by atoms with Gasteiger partial charge in [-0.1, -0.05) is 32.1 Å². The number of sulfonamides is 1. The molecule has 174 valence electrons. The lowest BCUT2D eigenvalue weighted by Crippen LogP contribution is -2.36. The van der Waals surface area contributed by atoms with Crippen LogP contribution in [-0.4, -0.2) is 59.1 Å². The summed E-state index contributed by atoms with van der Waals surface area (Å²) in [5.41, 5.74) is 0.780. The Morgan fingerprint density at radius 3 is 2.61 bits per heavy atom. The standard InChI is InChI=1S/C21H32N2O6S2/c1-28-13-11-22-31(26,27)21-19(20(25)29-2)16-10-12-23(14-17(16)30-21)18(24)9-8-15-6-4-3-5-7-15/h15,22H,3-14H2,1-2H3. The summed E-state index contributed by atoms with van der Waals surface area (Å²) in [7, 11) is -1.17. The molecule has 2 heterocycles. The van der Waals surface area contributed by atoms with Crippen molar-refractivity contribution in [2.45, 2.75) is 62.1 Å². The number of methoxy groups -OCH3 is 2. The van der Waals surface area contributed by atoms with E-state index in [4.69, 9.17) is 9.47 Å². The Hall–Kier alpha value is -1.49. The van der Waals surface area contributed by atoms with Crippen LogP contribution in [0.4, 0.5) is 0 Å². The number of ether oxygens (including phenoxy) is 2. The first-order chi connectivity index (χ1) is 14.9. The van der Waals surface area contributed by atoms with Crippen LogP contribution in [0.2, 0.25) is 0 Å². The second kappa shape index (κ2) is 10.9. The number of hydrogen-bond acceptors (Lipinski definition) is 7. The fourth-order valence-corrected chi connectivity index (χ4v) is 7.35. The summed E-state index contributed by atoms with van der Waals surface area (Å²) in [5, 5.41) is 0. The Kier molecular flexibility index (Phi) is 8.49. The molecule has 0 atom stereocenters. The molecule has 0 spiro atoms. The van der Waals surface area contributed by atoms with E-state index in [1.807, 2.05) is 0 Å². The molecule has 1 amide bonds. The lowest BCUT2D eigenvalue weighted by molar-refractivity contribution is -0.132. The SMILES string of the molecule is COCCNS(=O)(=O)c1sc2c(c1C(=O)OC)CCN(C(=O)CCC1CCCCC1)C2. The third-order valence-electron chi connectivity index (χ3n) is 6.10. The molecule has 1 N–H and O–H groups in total. The van der Waals surface area contributed by atoms with Gasteiger partial charge in [0, 0.05) is 31.5 Å². The summed E-state index contributed by atoms with van der Waals surface area (Å²) in [6.45, 7) is 1.14. The van der Waals surface area contributed by atoms with E-state index in [-0.39, 0.29) is 28.8 Å². The second-order valence-electron chi connectivity index (χ2n) is 8.16. The average molecular weight is 473 g/mol. The molecule has 1 fully saturated rings. The fraction of sp³-hybridized carbons (Fsp3) is 0.714. The van der Waals surface area contributed by atoms with E-state index >= 15 is 0 Å². The number of fused-ring (bicyclic) bond motifs is 1. The zero-order chi connectivity index (χ0) is 22.4. The van der Waals surface area contributed by atoms with E-state index in [1.54, 1.807) is 4.90 Å². The van der Waals surface area contributed by atoms with Gasteiger partial charge in [-0.2, -0.15) is 0 Å². The van der Waals surface area contributed by atoms with Gasteiger partial charge in [0.05, 0.1) is 25.8 Å². The Bertz CT molecular complexity index is 890. The van der Waals surface area contributed by atoms with E-state index in [1.165, 1.54) is 46.3 Å². The highest BCUT2D eigenvalue weighted by Crippen LogP contribution is 2.37. The van der Waals surface area contributed by atoms with Gasteiger partial charge in [-0.3, -0.25) is 4.79 Å². The van der Waals surface area contributed by atoms with Crippen LogP contribution < -0.4 is 4.72 Å². The highest BCUT2D eigenvalue weighted by Gasteiger charge is 2.34. The number of nitrogens with zero attached hydrogens (tertiary/aromatic N) is 1. The van der Waals surface area contributed by atoms with Crippen LogP contribution in [-0.2, 0) is 37.3 Å². The minimum Gasteiger partial charge on any atom is -0.465 e. The first kappa shape index (κ1) is 24.2. The molecule has 31 heavy (non-hydrogen) atoms. The number of hydrogen-bond donors (Lipinski definition) is 1. The van der Waals surface area contributed by atoms with Gasteiger partial charge in [0.2, 0.25) is 5.91 Å². The normalized spacial score (nSPS) is 17.4. The third-order valence-corrected chi connectivity index (χ3v) is 9.30. The van der Waals surface area contributed by atoms with Crippen LogP contribution in [0.5, 0.6) is 0 Å². The zero-order valence-electron chi connectivity index (χ0n) is 18.3. The van der Waals surface area contributed by atoms with E-state index in [9.17, 15) is 18.0 Å². The van der Waals surface area contributed by atoms with Gasteiger partial charge in [0.25, 0.3) is 10.0 Å². The maximum Gasteiger partial charge on any atom is 0.340 e. The molecular formula is C21H32N2O6S2. The molecule has 3 rings (SSSR count). The van der Waals surface area contributed by atoms with Gasteiger partial charge >= 0.3 is 5.97 Å². The predicted octanol–water partition coefficient (Wildman–Crippen LogP) is 2.70. The number of nitrogens with one attached hydrogen (secondary N) is 1. The van der Waals surface area contributed by atoms with E-state index in [0.717, 1.165) is 22.6 Å². The number of thiophene rings is 1. The first-order valence-electron chi connectivity index (χ1n) is 10.9. The number of carbonyl (C=O) groups excluding carboxylic acids is 2. The Labute approximate surface area is 188 Å². The van der Waals surface area contributed by atoms with Crippen LogP contribution in [0.25, 0.3) is 0 Å². The highest BCUT2D eigenvalue weighted by atomic mass is 32.2. The van der Waals surface area contributed by atoms with Crippen molar-refractivity contribution in [3.05, 3.63) is 16.0 Å². The number of amides is 1. The Balaban J connectivity index is 1.74. The topological polar surface area (TPSA) is 102 Å². The summed E-state index contributed by atoms with van der Waals surface area (Å²) in [6, 6.07) is 0. The van der Waals surface area contributed by atoms with Crippen molar-refractivity contribution in [2.24, 2.45) is 5.92 Å². The lowest BCUT2D eigenvalue weighted by Gasteiger charge is -2.28. The molecule has 1 aliphatic heterocycles. The minimum absolute atomic E-state index is 0.0445. The smallest absolute Gasteiger partial charge is 0.340 e. The molecule has 0 unspecified atom stereocenters. The van der Waals surface area contributed by atoms with E-state index in [0.29, 0.717) is 37.4 Å². The molecule has 1 aromatic rings. The highest BCUT2D eigenvalue weighted by molar-refractivity contribution is 7.91. The Morgan fingerprint density at radius 2 is 1.94 bits per heavy atom. The van der Waals surface area contributed by atoms with Crippen molar-refractivity contribution in [3.8, 4) is 0 Å². The van der Waals surface area contributed by atoms with Crippen molar-refractivity contribution in [2.75, 3.05) is 33.9 Å². The average Bonchev–Trinajstić information content (AvgIpc) is 3.17. The monoisotopic (exact) mass is 472 g/mol. The summed E-state index contributed by atoms with van der Waals surface area (Å²) >= 11 is 1.05. The van der Waals surface area contributed by atoms with Crippen LogP contribution in [0, 0.1) is 5.92 Å². The largest absolute Gasteiger partial charge is 0.465 e. The van der Waals surface area contributed by atoms with Crippen molar-refractivity contribution in [3.63, 3.8) is 0 Å². The molecule has 1 aliphatic carbocycles. The molecular weight excluding hydrogens is 440 g/mol. The van der Waals surface area contributed by atoms with Gasteiger partial charge in [-0.05, 0) is 24.3 Å². The molecule has 0 saturated heterocycles. The number of rotatable bonds is 9. The molecule has 0 aromatic carbocycles. The zero-order valence-corrected chi connectivity index (χ0v) is 19.9. The molecule has 1 aromatic heterocycles. The third kappa shape index (κ3) is 5.85. The molecule has 10 heteroatoms. The van der Waals surface area contributed by atoms with Crippen molar-refractivity contribution in [1.29, 1.82) is 0 Å². The van der Waals surface area contributed by atoms with Gasteiger partial charge < -0.3 is 14.4 Å². The maximum absolute atomic E-state index is 12.8. The van der Waals surface area contributed by atoms with Gasteiger partial charge in [0.15, 0.2) is 0 Å². The number of carbonyl (C=O) groups is 2. The summed E-state index contributed by atoms with van der Waals surface area (Å²) in [4.78, 5) is 27.8. The second-order valence-corrected chi connectivity index (χ2v) is 11.2. The maximum atomic E-state index is 12.8. The number of esters is 1. The van der Waals surface area contributed by atoms with Crippen molar-refractivity contribution in [1.82, 2.24) is 9.62 Å². The van der Waals surface area contributed by atoms with Gasteiger partial charge in [0.1, 0.15) is 4.21 Å². The van der Waals surface area contributed by atoms with Crippen LogP contribution in [0.15, 0.2) is 4.21 Å².